The molecule has 0 aromatic heterocycles. The number of halogens is 1. The summed E-state index contributed by atoms with van der Waals surface area (Å²) in [5, 5.41) is 0. The first-order valence-corrected chi connectivity index (χ1v) is 5.15. The molecule has 0 amide bonds. The fraction of sp³-hybridized carbons (Fsp3) is 0.417. The van der Waals surface area contributed by atoms with E-state index in [1.54, 1.807) is 6.07 Å². The van der Waals surface area contributed by atoms with Gasteiger partial charge >= 0.3 is 0 Å². The van der Waals surface area contributed by atoms with Gasteiger partial charge in [0, 0.05) is 0 Å². The number of ether oxygens (including phenoxy) is 1. The molecule has 2 nitrogen and oxygen atoms in total. The summed E-state index contributed by atoms with van der Waals surface area (Å²) in [7, 11) is 0. The van der Waals surface area contributed by atoms with E-state index in [2.05, 4.69) is 0 Å². The average molecular weight is 208 g/mol. The molecule has 0 saturated heterocycles. The molecule has 2 rings (SSSR count). The van der Waals surface area contributed by atoms with Gasteiger partial charge < -0.3 is 4.74 Å². The molecule has 1 unspecified atom stereocenters. The van der Waals surface area contributed by atoms with Crippen LogP contribution in [0, 0.1) is 12.7 Å². The van der Waals surface area contributed by atoms with Gasteiger partial charge in [-0.3, -0.25) is 4.79 Å². The second-order valence-electron chi connectivity index (χ2n) is 3.83. The lowest BCUT2D eigenvalue weighted by Crippen LogP contribution is -2.20. The van der Waals surface area contributed by atoms with E-state index in [9.17, 15) is 9.18 Å². The van der Waals surface area contributed by atoms with Crippen molar-refractivity contribution in [2.24, 2.45) is 0 Å². The highest BCUT2D eigenvalue weighted by Crippen LogP contribution is 2.35. The summed E-state index contributed by atoms with van der Waals surface area (Å²) < 4.78 is 18.9. The number of carbonyl (C=O) groups excluding carboxylic acids is 1. The van der Waals surface area contributed by atoms with Crippen LogP contribution in [-0.4, -0.2) is 11.9 Å². The van der Waals surface area contributed by atoms with Gasteiger partial charge in [-0.1, -0.05) is 19.4 Å². The van der Waals surface area contributed by atoms with Crippen LogP contribution in [0.4, 0.5) is 4.39 Å². The number of fused-ring (bicyclic) bond motifs is 1. The fourth-order valence-electron chi connectivity index (χ4n) is 1.85. The molecule has 1 heterocycles. The average Bonchev–Trinajstić information content (AvgIpc) is 2.53. The van der Waals surface area contributed by atoms with Gasteiger partial charge in [0.05, 0.1) is 5.56 Å². The Bertz CT molecular complexity index is 412. The molecule has 1 atom stereocenters. The lowest BCUT2D eigenvalue weighted by Gasteiger charge is -2.07. The van der Waals surface area contributed by atoms with Crippen molar-refractivity contribution in [1.29, 1.82) is 0 Å². The number of rotatable bonds is 2. The summed E-state index contributed by atoms with van der Waals surface area (Å²) in [6, 6.07) is 2.96. The molecular formula is C12H13FO2. The number of Topliss-reactive ketones (excluding diaryl/α,β-unsaturated/α-hetero) is 1. The molecule has 0 spiro atoms. The monoisotopic (exact) mass is 208 g/mol. The van der Waals surface area contributed by atoms with Crippen molar-refractivity contribution < 1.29 is 13.9 Å². The first-order chi connectivity index (χ1) is 7.15. The van der Waals surface area contributed by atoms with Crippen LogP contribution in [-0.2, 0) is 0 Å². The lowest BCUT2D eigenvalue weighted by molar-refractivity contribution is 0.0843. The maximum absolute atomic E-state index is 13.4. The van der Waals surface area contributed by atoms with Crippen LogP contribution in [0.1, 0.15) is 35.7 Å². The smallest absolute Gasteiger partial charge is 0.209 e. The van der Waals surface area contributed by atoms with Crippen molar-refractivity contribution in [2.75, 3.05) is 0 Å². The van der Waals surface area contributed by atoms with E-state index in [0.717, 1.165) is 12.0 Å². The molecule has 0 saturated carbocycles. The van der Waals surface area contributed by atoms with E-state index in [1.165, 1.54) is 6.07 Å². The maximum Gasteiger partial charge on any atom is 0.209 e. The largest absolute Gasteiger partial charge is 0.481 e. The van der Waals surface area contributed by atoms with Crippen LogP contribution in [0.3, 0.4) is 0 Å². The normalized spacial score (nSPS) is 18.9. The van der Waals surface area contributed by atoms with E-state index in [-0.39, 0.29) is 11.3 Å². The van der Waals surface area contributed by atoms with Crippen molar-refractivity contribution in [2.45, 2.75) is 32.8 Å². The minimum absolute atomic E-state index is 0.133. The summed E-state index contributed by atoms with van der Waals surface area (Å²) in [6.45, 7) is 3.79. The van der Waals surface area contributed by atoms with Crippen molar-refractivity contribution in [3.05, 3.63) is 29.1 Å². The highest BCUT2D eigenvalue weighted by molar-refractivity contribution is 6.05. The van der Waals surface area contributed by atoms with Crippen molar-refractivity contribution in [3.63, 3.8) is 0 Å². The molecule has 0 radical (unpaired) electrons. The number of hydrogen-bond donors (Lipinski definition) is 0. The molecule has 15 heavy (non-hydrogen) atoms. The molecule has 3 heteroatoms. The fourth-order valence-corrected chi connectivity index (χ4v) is 1.85. The van der Waals surface area contributed by atoms with E-state index < -0.39 is 11.9 Å². The Balaban J connectivity index is 2.44. The predicted molar refractivity (Wildman–Crippen MR) is 54.8 cm³/mol. The molecule has 80 valence electrons. The lowest BCUT2D eigenvalue weighted by atomic mass is 10.0. The summed E-state index contributed by atoms with van der Waals surface area (Å²) in [6.07, 6.45) is 1.01. The third kappa shape index (κ3) is 1.52. The Morgan fingerprint density at radius 2 is 2.20 bits per heavy atom. The second-order valence-corrected chi connectivity index (χ2v) is 3.83. The van der Waals surface area contributed by atoms with Gasteiger partial charge in [-0.05, 0) is 25.0 Å². The number of aryl methyl sites for hydroxylation is 1. The van der Waals surface area contributed by atoms with Crippen LogP contribution in [0.5, 0.6) is 5.75 Å². The van der Waals surface area contributed by atoms with Gasteiger partial charge in [0.15, 0.2) is 6.10 Å². The van der Waals surface area contributed by atoms with Crippen LogP contribution >= 0.6 is 0 Å². The molecule has 0 aliphatic carbocycles. The Hall–Kier alpha value is -1.38. The van der Waals surface area contributed by atoms with Gasteiger partial charge in [-0.2, -0.15) is 0 Å². The molecular weight excluding hydrogens is 195 g/mol. The Kier molecular flexibility index (Phi) is 2.47. The van der Waals surface area contributed by atoms with Crippen LogP contribution in [0.25, 0.3) is 0 Å². The summed E-state index contributed by atoms with van der Waals surface area (Å²) >= 11 is 0. The highest BCUT2D eigenvalue weighted by Gasteiger charge is 2.35. The third-order valence-corrected chi connectivity index (χ3v) is 2.65. The van der Waals surface area contributed by atoms with E-state index in [4.69, 9.17) is 4.74 Å². The van der Waals surface area contributed by atoms with Crippen molar-refractivity contribution >= 4 is 5.78 Å². The molecule has 0 fully saturated rings. The van der Waals surface area contributed by atoms with Gasteiger partial charge in [0.25, 0.3) is 0 Å². The Morgan fingerprint density at radius 1 is 1.47 bits per heavy atom. The number of hydrogen-bond acceptors (Lipinski definition) is 2. The van der Waals surface area contributed by atoms with Crippen LogP contribution < -0.4 is 4.74 Å². The van der Waals surface area contributed by atoms with E-state index in [0.29, 0.717) is 12.2 Å². The zero-order valence-corrected chi connectivity index (χ0v) is 8.84. The predicted octanol–water partition coefficient (Wildman–Crippen LogP) is 2.88. The molecule has 1 aromatic carbocycles. The second kappa shape index (κ2) is 3.65. The summed E-state index contributed by atoms with van der Waals surface area (Å²) in [5.41, 5.74) is 0.951. The summed E-state index contributed by atoms with van der Waals surface area (Å²) in [4.78, 5) is 11.8. The van der Waals surface area contributed by atoms with Crippen LogP contribution in [0.2, 0.25) is 0 Å². The number of ketones is 1. The zero-order chi connectivity index (χ0) is 11.0. The minimum Gasteiger partial charge on any atom is -0.481 e. The quantitative estimate of drug-likeness (QED) is 0.747. The molecule has 1 aromatic rings. The maximum atomic E-state index is 13.4. The van der Waals surface area contributed by atoms with Gasteiger partial charge in [-0.15, -0.1) is 0 Å². The minimum atomic E-state index is -0.486. The molecule has 1 aliphatic heterocycles. The topological polar surface area (TPSA) is 26.3 Å². The first kappa shape index (κ1) is 10.1. The van der Waals surface area contributed by atoms with E-state index in [1.807, 2.05) is 13.8 Å². The number of carbonyl (C=O) groups is 1. The van der Waals surface area contributed by atoms with Gasteiger partial charge in [-0.25, -0.2) is 4.39 Å². The number of benzene rings is 1. The van der Waals surface area contributed by atoms with Gasteiger partial charge in [0.2, 0.25) is 5.78 Å². The van der Waals surface area contributed by atoms with Gasteiger partial charge in [0.1, 0.15) is 11.6 Å². The van der Waals surface area contributed by atoms with Crippen LogP contribution in [0.15, 0.2) is 12.1 Å². The summed E-state index contributed by atoms with van der Waals surface area (Å²) in [5.74, 6) is -0.259. The SMILES string of the molecule is CCCC1Oc2c(C)ccc(F)c2C1=O. The third-order valence-electron chi connectivity index (χ3n) is 2.65. The molecule has 0 bridgehead atoms. The highest BCUT2D eigenvalue weighted by atomic mass is 19.1. The Labute approximate surface area is 88.1 Å². The van der Waals surface area contributed by atoms with Crippen molar-refractivity contribution in [3.8, 4) is 5.75 Å². The van der Waals surface area contributed by atoms with E-state index >= 15 is 0 Å². The molecule has 0 N–H and O–H groups in total. The van der Waals surface area contributed by atoms with Crippen molar-refractivity contribution in [1.82, 2.24) is 0 Å². The zero-order valence-electron chi connectivity index (χ0n) is 8.84. The molecule has 1 aliphatic rings. The first-order valence-electron chi connectivity index (χ1n) is 5.15. The standard InChI is InChI=1S/C12H13FO2/c1-3-4-9-11(14)10-8(13)6-5-7(2)12(10)15-9/h5-6,9H,3-4H2,1-2H3. The Morgan fingerprint density at radius 3 is 2.80 bits per heavy atom.